The van der Waals surface area contributed by atoms with E-state index in [4.69, 9.17) is 0 Å². The fourth-order valence-corrected chi connectivity index (χ4v) is 2.19. The molecule has 0 spiro atoms. The third-order valence-corrected chi connectivity index (χ3v) is 2.94. The van der Waals surface area contributed by atoms with Crippen molar-refractivity contribution in [3.8, 4) is 0 Å². The van der Waals surface area contributed by atoms with E-state index in [0.29, 0.717) is 11.5 Å². The molecule has 0 aromatic heterocycles. The number of hydrogen-bond donors (Lipinski definition) is 0. The first-order valence-electron chi connectivity index (χ1n) is 5.66. The molecule has 0 aromatic carbocycles. The van der Waals surface area contributed by atoms with Gasteiger partial charge in [-0.05, 0) is 32.6 Å². The topological polar surface area (TPSA) is 3.24 Å². The van der Waals surface area contributed by atoms with Gasteiger partial charge in [-0.1, -0.05) is 32.9 Å². The summed E-state index contributed by atoms with van der Waals surface area (Å²) in [6.07, 6.45) is 5.91. The Bertz CT molecular complexity index is 214. The fourth-order valence-electron chi connectivity index (χ4n) is 2.19. The Morgan fingerprint density at radius 1 is 1.07 bits per heavy atom. The number of rotatable bonds is 0. The van der Waals surface area contributed by atoms with E-state index in [2.05, 4.69) is 58.6 Å². The highest BCUT2D eigenvalue weighted by Gasteiger charge is 2.35. The van der Waals surface area contributed by atoms with Gasteiger partial charge >= 0.3 is 0 Å². The van der Waals surface area contributed by atoms with Crippen molar-refractivity contribution in [1.82, 2.24) is 4.90 Å². The Balaban J connectivity index is 2.90. The summed E-state index contributed by atoms with van der Waals surface area (Å²) in [5, 5.41) is 0. The van der Waals surface area contributed by atoms with Crippen LogP contribution in [0.2, 0.25) is 0 Å². The maximum absolute atomic E-state index is 2.62. The molecular weight excluding hydrogens is 170 g/mol. The van der Waals surface area contributed by atoms with Crippen molar-refractivity contribution in [2.24, 2.45) is 5.41 Å². The Hall–Kier alpha value is -0.300. The Morgan fingerprint density at radius 2 is 1.64 bits per heavy atom. The minimum Gasteiger partial charge on any atom is -0.291 e. The molecule has 0 saturated heterocycles. The molecule has 0 aromatic rings. The van der Waals surface area contributed by atoms with Crippen LogP contribution in [-0.2, 0) is 0 Å². The standard InChI is InChI=1S/C13H25N/c1-12(2,3)11-9-7-8-10-14(11)13(4,5)6/h7,9,11H,8,10H2,1-6H3/t11-/m0/s1. The van der Waals surface area contributed by atoms with Gasteiger partial charge in [0.2, 0.25) is 0 Å². The molecule has 0 N–H and O–H groups in total. The molecule has 0 unspecified atom stereocenters. The zero-order valence-corrected chi connectivity index (χ0v) is 10.6. The van der Waals surface area contributed by atoms with Crippen molar-refractivity contribution in [1.29, 1.82) is 0 Å². The third-order valence-electron chi connectivity index (χ3n) is 2.94. The highest BCUT2D eigenvalue weighted by atomic mass is 15.2. The van der Waals surface area contributed by atoms with Crippen LogP contribution in [0.3, 0.4) is 0 Å². The molecule has 0 saturated carbocycles. The smallest absolute Gasteiger partial charge is 0.0332 e. The highest BCUT2D eigenvalue weighted by Crippen LogP contribution is 2.32. The zero-order chi connectivity index (χ0) is 11.0. The molecule has 1 nitrogen and oxygen atoms in total. The Labute approximate surface area is 89.2 Å². The average Bonchev–Trinajstić information content (AvgIpc) is 2.01. The van der Waals surface area contributed by atoms with Crippen molar-refractivity contribution < 1.29 is 0 Å². The van der Waals surface area contributed by atoms with Gasteiger partial charge in [-0.15, -0.1) is 0 Å². The van der Waals surface area contributed by atoms with Gasteiger partial charge in [-0.25, -0.2) is 0 Å². The first-order chi connectivity index (χ1) is 6.23. The SMILES string of the molecule is CC(C)(C)[C@@H]1C=CCCN1C(C)(C)C. The van der Waals surface area contributed by atoms with E-state index in [-0.39, 0.29) is 5.54 Å². The summed E-state index contributed by atoms with van der Waals surface area (Å²) in [5.41, 5.74) is 0.618. The molecule has 1 heteroatoms. The van der Waals surface area contributed by atoms with Crippen LogP contribution < -0.4 is 0 Å². The first-order valence-corrected chi connectivity index (χ1v) is 5.66. The van der Waals surface area contributed by atoms with Crippen LogP contribution >= 0.6 is 0 Å². The van der Waals surface area contributed by atoms with Gasteiger partial charge in [0.25, 0.3) is 0 Å². The Kier molecular flexibility index (Phi) is 3.10. The quantitative estimate of drug-likeness (QED) is 0.535. The molecule has 1 rings (SSSR count). The van der Waals surface area contributed by atoms with E-state index < -0.39 is 0 Å². The minimum atomic E-state index is 0.280. The second kappa shape index (κ2) is 3.69. The summed E-state index contributed by atoms with van der Waals surface area (Å²) >= 11 is 0. The van der Waals surface area contributed by atoms with Crippen molar-refractivity contribution in [2.45, 2.75) is 59.5 Å². The summed E-state index contributed by atoms with van der Waals surface area (Å²) in [6.45, 7) is 15.1. The maximum Gasteiger partial charge on any atom is 0.0332 e. The van der Waals surface area contributed by atoms with Crippen LogP contribution in [0, 0.1) is 5.41 Å². The summed E-state index contributed by atoms with van der Waals surface area (Å²) in [4.78, 5) is 2.62. The third kappa shape index (κ3) is 2.60. The first kappa shape index (κ1) is 11.8. The van der Waals surface area contributed by atoms with Gasteiger partial charge in [0.05, 0.1) is 0 Å². The largest absolute Gasteiger partial charge is 0.291 e. The fraction of sp³-hybridized carbons (Fsp3) is 0.846. The van der Waals surface area contributed by atoms with Crippen molar-refractivity contribution in [3.05, 3.63) is 12.2 Å². The molecule has 82 valence electrons. The van der Waals surface area contributed by atoms with Crippen molar-refractivity contribution in [3.63, 3.8) is 0 Å². The van der Waals surface area contributed by atoms with Gasteiger partial charge in [0.15, 0.2) is 0 Å². The monoisotopic (exact) mass is 195 g/mol. The summed E-state index contributed by atoms with van der Waals surface area (Å²) in [5.74, 6) is 0. The molecule has 0 aliphatic carbocycles. The van der Waals surface area contributed by atoms with Crippen molar-refractivity contribution >= 4 is 0 Å². The van der Waals surface area contributed by atoms with Crippen LogP contribution in [0.15, 0.2) is 12.2 Å². The molecule has 1 atom stereocenters. The van der Waals surface area contributed by atoms with Crippen LogP contribution in [0.1, 0.15) is 48.0 Å². The van der Waals surface area contributed by atoms with Crippen LogP contribution in [0.5, 0.6) is 0 Å². The second-order valence-corrected chi connectivity index (χ2v) is 6.39. The number of hydrogen-bond acceptors (Lipinski definition) is 1. The molecule has 1 aliphatic rings. The van der Waals surface area contributed by atoms with Gasteiger partial charge in [0.1, 0.15) is 0 Å². The molecule has 0 bridgehead atoms. The summed E-state index contributed by atoms with van der Waals surface area (Å²) < 4.78 is 0. The second-order valence-electron chi connectivity index (χ2n) is 6.39. The van der Waals surface area contributed by atoms with E-state index in [9.17, 15) is 0 Å². The molecule has 1 aliphatic heterocycles. The van der Waals surface area contributed by atoms with Crippen LogP contribution in [0.25, 0.3) is 0 Å². The summed E-state index contributed by atoms with van der Waals surface area (Å²) in [7, 11) is 0. The number of nitrogens with zero attached hydrogens (tertiary/aromatic N) is 1. The normalized spacial score (nSPS) is 25.4. The lowest BCUT2D eigenvalue weighted by Crippen LogP contribution is -2.53. The lowest BCUT2D eigenvalue weighted by molar-refractivity contribution is 0.0444. The van der Waals surface area contributed by atoms with Gasteiger partial charge < -0.3 is 0 Å². The van der Waals surface area contributed by atoms with Crippen LogP contribution in [0.4, 0.5) is 0 Å². The maximum atomic E-state index is 2.62. The highest BCUT2D eigenvalue weighted by molar-refractivity contribution is 5.07. The average molecular weight is 195 g/mol. The van der Waals surface area contributed by atoms with Gasteiger partial charge in [0, 0.05) is 18.1 Å². The van der Waals surface area contributed by atoms with E-state index in [1.54, 1.807) is 0 Å². The molecule has 14 heavy (non-hydrogen) atoms. The Morgan fingerprint density at radius 3 is 2.00 bits per heavy atom. The predicted molar refractivity (Wildman–Crippen MR) is 63.5 cm³/mol. The molecule has 0 amide bonds. The van der Waals surface area contributed by atoms with E-state index in [1.165, 1.54) is 13.0 Å². The molecule has 0 radical (unpaired) electrons. The van der Waals surface area contributed by atoms with E-state index in [1.807, 2.05) is 0 Å². The lowest BCUT2D eigenvalue weighted by Gasteiger charge is -2.47. The van der Waals surface area contributed by atoms with Gasteiger partial charge in [-0.2, -0.15) is 0 Å². The molecule has 1 heterocycles. The lowest BCUT2D eigenvalue weighted by atomic mass is 9.81. The predicted octanol–water partition coefficient (Wildman–Crippen LogP) is 3.46. The summed E-state index contributed by atoms with van der Waals surface area (Å²) in [6, 6.07) is 0.580. The van der Waals surface area contributed by atoms with Crippen molar-refractivity contribution in [2.75, 3.05) is 6.54 Å². The van der Waals surface area contributed by atoms with E-state index >= 15 is 0 Å². The zero-order valence-electron chi connectivity index (χ0n) is 10.6. The van der Waals surface area contributed by atoms with E-state index in [0.717, 1.165) is 0 Å². The molecular formula is C13H25N. The van der Waals surface area contributed by atoms with Crippen LogP contribution in [-0.4, -0.2) is 23.0 Å². The molecule has 0 fully saturated rings. The van der Waals surface area contributed by atoms with Gasteiger partial charge in [-0.3, -0.25) is 4.90 Å². The minimum absolute atomic E-state index is 0.280.